The molecule has 0 saturated heterocycles. The molecule has 0 aliphatic carbocycles. The van der Waals surface area contributed by atoms with E-state index in [1.54, 1.807) is 6.20 Å². The van der Waals surface area contributed by atoms with E-state index in [1.807, 2.05) is 22.6 Å². The highest BCUT2D eigenvalue weighted by molar-refractivity contribution is 14.1. The zero-order valence-corrected chi connectivity index (χ0v) is 8.54. The number of hydrogen-bond donors (Lipinski definition) is 0. The lowest BCUT2D eigenvalue weighted by molar-refractivity contribution is 0.626. The van der Waals surface area contributed by atoms with Crippen LogP contribution in [0.5, 0.6) is 0 Å². The Bertz CT molecular complexity index is 442. The first kappa shape index (κ1) is 8.18. The lowest BCUT2D eigenvalue weighted by Gasteiger charge is -1.93. The number of fused-ring (bicyclic) bond motifs is 1. The molecule has 3 nitrogen and oxygen atoms in total. The van der Waals surface area contributed by atoms with E-state index in [0.29, 0.717) is 0 Å². The molecule has 12 heavy (non-hydrogen) atoms. The normalized spacial score (nSPS) is 10.9. The van der Waals surface area contributed by atoms with Crippen LogP contribution in [-0.4, -0.2) is 14.6 Å². The van der Waals surface area contributed by atoms with Gasteiger partial charge in [0.25, 0.3) is 0 Å². The standard InChI is InChI=1S/C6H2ClFIN3/c7-6-10-5-4(8)1-3(9)2-12(5)11-6/h1-2H. The average molecular weight is 297 g/mol. The first-order chi connectivity index (χ1) is 5.66. The van der Waals surface area contributed by atoms with Crippen LogP contribution in [0.3, 0.4) is 0 Å². The van der Waals surface area contributed by atoms with Crippen molar-refractivity contribution in [1.82, 2.24) is 14.6 Å². The zero-order valence-electron chi connectivity index (χ0n) is 5.63. The Morgan fingerprint density at radius 1 is 1.58 bits per heavy atom. The molecule has 0 unspecified atom stereocenters. The quantitative estimate of drug-likeness (QED) is 0.697. The third-order valence-electron chi connectivity index (χ3n) is 1.33. The van der Waals surface area contributed by atoms with Crippen molar-refractivity contribution < 1.29 is 4.39 Å². The minimum absolute atomic E-state index is 0.0518. The van der Waals surface area contributed by atoms with Gasteiger partial charge in [-0.3, -0.25) is 0 Å². The first-order valence-electron chi connectivity index (χ1n) is 3.04. The van der Waals surface area contributed by atoms with E-state index in [0.717, 1.165) is 3.57 Å². The van der Waals surface area contributed by atoms with Gasteiger partial charge in [-0.2, -0.15) is 4.98 Å². The van der Waals surface area contributed by atoms with E-state index in [2.05, 4.69) is 10.1 Å². The van der Waals surface area contributed by atoms with Gasteiger partial charge in [0.05, 0.1) is 0 Å². The smallest absolute Gasteiger partial charge is 0.216 e. The maximum Gasteiger partial charge on any atom is 0.243 e. The summed E-state index contributed by atoms with van der Waals surface area (Å²) in [6.07, 6.45) is 1.65. The molecule has 6 heteroatoms. The average Bonchev–Trinajstić information content (AvgIpc) is 2.29. The Balaban J connectivity index is 2.88. The van der Waals surface area contributed by atoms with Gasteiger partial charge in [-0.05, 0) is 40.3 Å². The fourth-order valence-electron chi connectivity index (χ4n) is 0.890. The van der Waals surface area contributed by atoms with Crippen LogP contribution in [0, 0.1) is 9.39 Å². The summed E-state index contributed by atoms with van der Waals surface area (Å²) in [5, 5.41) is 3.81. The van der Waals surface area contributed by atoms with Crippen LogP contribution < -0.4 is 0 Å². The Labute approximate surface area is 85.7 Å². The van der Waals surface area contributed by atoms with Gasteiger partial charge in [-0.1, -0.05) is 0 Å². The monoisotopic (exact) mass is 297 g/mol. The summed E-state index contributed by atoms with van der Waals surface area (Å²) < 4.78 is 15.1. The highest BCUT2D eigenvalue weighted by Crippen LogP contribution is 2.13. The summed E-state index contributed by atoms with van der Waals surface area (Å²) in [4.78, 5) is 3.69. The van der Waals surface area contributed by atoms with Gasteiger partial charge in [-0.25, -0.2) is 8.91 Å². The van der Waals surface area contributed by atoms with Gasteiger partial charge in [0.2, 0.25) is 5.28 Å². The maximum absolute atomic E-state index is 13.1. The number of pyridine rings is 1. The number of aromatic nitrogens is 3. The topological polar surface area (TPSA) is 30.2 Å². The molecule has 0 aliphatic rings. The number of hydrogen-bond acceptors (Lipinski definition) is 2. The van der Waals surface area contributed by atoms with Gasteiger partial charge in [0.15, 0.2) is 11.5 Å². The first-order valence-corrected chi connectivity index (χ1v) is 4.49. The van der Waals surface area contributed by atoms with Crippen molar-refractivity contribution in [2.75, 3.05) is 0 Å². The third-order valence-corrected chi connectivity index (χ3v) is 2.08. The predicted octanol–water partition coefficient (Wildman–Crippen LogP) is 2.13. The second-order valence-electron chi connectivity index (χ2n) is 2.16. The largest absolute Gasteiger partial charge is 0.243 e. The molecule has 0 radical (unpaired) electrons. The minimum atomic E-state index is -0.415. The minimum Gasteiger partial charge on any atom is -0.216 e. The van der Waals surface area contributed by atoms with E-state index >= 15 is 0 Å². The van der Waals surface area contributed by atoms with Gasteiger partial charge in [0.1, 0.15) is 0 Å². The molecule has 0 bridgehead atoms. The molecule has 0 amide bonds. The number of halogens is 3. The van der Waals surface area contributed by atoms with Crippen LogP contribution in [0.1, 0.15) is 0 Å². The van der Waals surface area contributed by atoms with E-state index in [1.165, 1.54) is 10.6 Å². The zero-order chi connectivity index (χ0) is 8.72. The van der Waals surface area contributed by atoms with Crippen LogP contribution in [0.25, 0.3) is 5.65 Å². The van der Waals surface area contributed by atoms with E-state index < -0.39 is 5.82 Å². The Morgan fingerprint density at radius 2 is 2.33 bits per heavy atom. The Morgan fingerprint density at radius 3 is 3.08 bits per heavy atom. The second kappa shape index (κ2) is 2.81. The van der Waals surface area contributed by atoms with Crippen molar-refractivity contribution in [1.29, 1.82) is 0 Å². The van der Waals surface area contributed by atoms with Crippen molar-refractivity contribution in [3.8, 4) is 0 Å². The molecule has 2 rings (SSSR count). The molecule has 62 valence electrons. The molecule has 0 spiro atoms. The molecule has 0 saturated carbocycles. The summed E-state index contributed by atoms with van der Waals surface area (Å²) in [7, 11) is 0. The van der Waals surface area contributed by atoms with Gasteiger partial charge >= 0.3 is 0 Å². The highest BCUT2D eigenvalue weighted by Gasteiger charge is 2.06. The van der Waals surface area contributed by atoms with E-state index in [-0.39, 0.29) is 10.9 Å². The molecule has 0 aromatic carbocycles. The third kappa shape index (κ3) is 1.27. The fraction of sp³-hybridized carbons (Fsp3) is 0. The summed E-state index contributed by atoms with van der Waals surface area (Å²) in [5.74, 6) is -0.415. The van der Waals surface area contributed by atoms with Crippen LogP contribution in [-0.2, 0) is 0 Å². The van der Waals surface area contributed by atoms with Gasteiger partial charge in [-0.15, -0.1) is 5.10 Å². The number of rotatable bonds is 0. The molecule has 0 atom stereocenters. The van der Waals surface area contributed by atoms with E-state index in [9.17, 15) is 4.39 Å². The summed E-state index contributed by atoms with van der Waals surface area (Å²) in [6.45, 7) is 0. The van der Waals surface area contributed by atoms with Gasteiger partial charge in [0, 0.05) is 9.77 Å². The van der Waals surface area contributed by atoms with Crippen molar-refractivity contribution >= 4 is 39.8 Å². The Kier molecular flexibility index (Phi) is 1.91. The molecule has 0 N–H and O–H groups in total. The molecule has 2 aromatic rings. The lowest BCUT2D eigenvalue weighted by atomic mass is 10.5. The van der Waals surface area contributed by atoms with Crippen LogP contribution in [0.15, 0.2) is 12.3 Å². The number of nitrogens with zero attached hydrogens (tertiary/aromatic N) is 3. The lowest BCUT2D eigenvalue weighted by Crippen LogP contribution is -1.91. The molecular weight excluding hydrogens is 295 g/mol. The summed E-state index contributed by atoms with van der Waals surface area (Å²) >= 11 is 7.49. The molecule has 0 aliphatic heterocycles. The van der Waals surface area contributed by atoms with Crippen molar-refractivity contribution in [2.45, 2.75) is 0 Å². The van der Waals surface area contributed by atoms with E-state index in [4.69, 9.17) is 11.6 Å². The molecule has 2 heterocycles. The SMILES string of the molecule is Fc1cc(I)cn2nc(Cl)nc12. The summed E-state index contributed by atoms with van der Waals surface area (Å²) in [6, 6.07) is 1.38. The predicted molar refractivity (Wildman–Crippen MR) is 50.7 cm³/mol. The molecule has 0 fully saturated rings. The second-order valence-corrected chi connectivity index (χ2v) is 3.74. The maximum atomic E-state index is 13.1. The summed E-state index contributed by atoms with van der Waals surface area (Å²) in [5.41, 5.74) is 0.153. The molecular formula is C6H2ClFIN3. The van der Waals surface area contributed by atoms with Crippen molar-refractivity contribution in [3.63, 3.8) is 0 Å². The van der Waals surface area contributed by atoms with Crippen molar-refractivity contribution in [3.05, 3.63) is 26.9 Å². The van der Waals surface area contributed by atoms with Crippen LogP contribution in [0.4, 0.5) is 4.39 Å². The van der Waals surface area contributed by atoms with Gasteiger partial charge < -0.3 is 0 Å². The van der Waals surface area contributed by atoms with Crippen LogP contribution >= 0.6 is 34.2 Å². The Hall–Kier alpha value is -0.430. The fourth-order valence-corrected chi connectivity index (χ4v) is 1.59. The van der Waals surface area contributed by atoms with Crippen molar-refractivity contribution in [2.24, 2.45) is 0 Å². The highest BCUT2D eigenvalue weighted by atomic mass is 127. The molecule has 2 aromatic heterocycles. The van der Waals surface area contributed by atoms with Crippen LogP contribution in [0.2, 0.25) is 5.28 Å².